The Bertz CT molecular complexity index is 1840. The summed E-state index contributed by atoms with van der Waals surface area (Å²) in [5, 5.41) is 20.5. The second-order valence-corrected chi connectivity index (χ2v) is 13.4. The highest BCUT2D eigenvalue weighted by Crippen LogP contribution is 2.52. The van der Waals surface area contributed by atoms with E-state index in [4.69, 9.17) is 4.52 Å². The molecule has 1 aliphatic rings. The monoisotopic (exact) mass is 603 g/mol. The van der Waals surface area contributed by atoms with Gasteiger partial charge in [-0.2, -0.15) is 9.86 Å². The van der Waals surface area contributed by atoms with E-state index in [0.717, 1.165) is 10.9 Å². The quantitative estimate of drug-likeness (QED) is 0.256. The van der Waals surface area contributed by atoms with Crippen molar-refractivity contribution >= 4 is 51.4 Å². The number of nitrogens with zero attached hydrogens (tertiary/aromatic N) is 3. The molecule has 0 saturated heterocycles. The number of halogens is 1. The van der Waals surface area contributed by atoms with Crippen LogP contribution in [0.5, 0.6) is 5.75 Å². The van der Waals surface area contributed by atoms with Crippen molar-refractivity contribution in [3.05, 3.63) is 87.3 Å². The molecule has 0 bridgehead atoms. The van der Waals surface area contributed by atoms with Crippen LogP contribution in [0.2, 0.25) is 0 Å². The van der Waals surface area contributed by atoms with Crippen molar-refractivity contribution in [3.8, 4) is 16.3 Å². The minimum absolute atomic E-state index is 0.00516. The molecule has 4 aromatic rings. The first kappa shape index (κ1) is 27.7. The Hall–Kier alpha value is -3.84. The Kier molecular flexibility index (Phi) is 7.36. The van der Waals surface area contributed by atoms with Gasteiger partial charge in [-0.05, 0) is 54.3 Å². The summed E-state index contributed by atoms with van der Waals surface area (Å²) in [6, 6.07) is 13.3. The summed E-state index contributed by atoms with van der Waals surface area (Å²) in [4.78, 5) is 14.3. The molecular formula is C25H23FN5O6PS2. The molecule has 2 aromatic heterocycles. The van der Waals surface area contributed by atoms with Gasteiger partial charge in [0.15, 0.2) is 11.6 Å². The average molecular weight is 604 g/mol. The summed E-state index contributed by atoms with van der Waals surface area (Å²) < 4.78 is 64.2. The number of anilines is 2. The van der Waals surface area contributed by atoms with E-state index in [2.05, 4.69) is 19.9 Å². The number of rotatable bonds is 8. The fourth-order valence-corrected chi connectivity index (χ4v) is 7.17. The minimum atomic E-state index is -4.05. The topological polar surface area (TPSA) is 152 Å². The lowest BCUT2D eigenvalue weighted by Gasteiger charge is -2.26. The second kappa shape index (κ2) is 10.6. The van der Waals surface area contributed by atoms with Gasteiger partial charge in [0, 0.05) is 5.69 Å². The summed E-state index contributed by atoms with van der Waals surface area (Å²) >= 11 is 1.29. The first-order chi connectivity index (χ1) is 19.0. The van der Waals surface area contributed by atoms with Crippen LogP contribution in [0.3, 0.4) is 0 Å². The van der Waals surface area contributed by atoms with Gasteiger partial charge in [0.1, 0.15) is 17.1 Å². The predicted molar refractivity (Wildman–Crippen MR) is 153 cm³/mol. The van der Waals surface area contributed by atoms with Crippen molar-refractivity contribution in [2.45, 2.75) is 13.5 Å². The van der Waals surface area contributed by atoms with E-state index in [1.807, 2.05) is 0 Å². The Labute approximate surface area is 232 Å². The molecule has 2 aromatic carbocycles. The third-order valence-electron chi connectivity index (χ3n) is 5.76. The van der Waals surface area contributed by atoms with Crippen molar-refractivity contribution in [2.75, 3.05) is 22.9 Å². The molecule has 0 saturated carbocycles. The largest absolute Gasteiger partial charge is 0.505 e. The van der Waals surface area contributed by atoms with Crippen LogP contribution in [-0.2, 0) is 25.7 Å². The van der Waals surface area contributed by atoms with Crippen LogP contribution < -0.4 is 20.9 Å². The number of aromatic nitrogens is 2. The zero-order valence-corrected chi connectivity index (χ0v) is 23.7. The molecule has 40 heavy (non-hydrogen) atoms. The van der Waals surface area contributed by atoms with Gasteiger partial charge in [0.25, 0.3) is 5.56 Å². The van der Waals surface area contributed by atoms with E-state index in [1.165, 1.54) is 53.8 Å². The van der Waals surface area contributed by atoms with E-state index < -0.39 is 34.7 Å². The van der Waals surface area contributed by atoms with E-state index in [0.29, 0.717) is 10.4 Å². The molecule has 11 nitrogen and oxygen atoms in total. The Morgan fingerprint density at radius 3 is 2.60 bits per heavy atom. The van der Waals surface area contributed by atoms with Crippen molar-refractivity contribution in [1.29, 1.82) is 0 Å². The fourth-order valence-electron chi connectivity index (χ4n) is 4.10. The minimum Gasteiger partial charge on any atom is -0.505 e. The first-order valence-corrected chi connectivity index (χ1v) is 16.2. The number of hydrogen-bond acceptors (Lipinski definition) is 9. The molecule has 5 rings (SSSR count). The number of amidine groups is 1. The van der Waals surface area contributed by atoms with Crippen LogP contribution in [-0.4, -0.2) is 42.0 Å². The fraction of sp³-hybridized carbons (Fsp3) is 0.160. The maximum Gasteiger partial charge on any atom is 0.348 e. The molecule has 15 heteroatoms. The summed E-state index contributed by atoms with van der Waals surface area (Å²) in [6.45, 7) is 1.57. The van der Waals surface area contributed by atoms with E-state index >= 15 is 0 Å². The number of benzene rings is 2. The Morgan fingerprint density at radius 2 is 1.95 bits per heavy atom. The molecule has 0 fully saturated rings. The van der Waals surface area contributed by atoms with E-state index in [9.17, 15) is 27.3 Å². The van der Waals surface area contributed by atoms with Gasteiger partial charge in [0.05, 0.1) is 35.3 Å². The van der Waals surface area contributed by atoms with Crippen LogP contribution in [0.4, 0.5) is 15.8 Å². The second-order valence-electron chi connectivity index (χ2n) is 8.76. The lowest BCUT2D eigenvalue weighted by molar-refractivity contribution is 0.341. The maximum atomic E-state index is 14.0. The van der Waals surface area contributed by atoms with Crippen LogP contribution in [0.25, 0.3) is 10.6 Å². The van der Waals surface area contributed by atoms with Crippen LogP contribution in [0.15, 0.2) is 69.5 Å². The van der Waals surface area contributed by atoms with Crippen LogP contribution in [0, 0.1) is 5.82 Å². The highest BCUT2D eigenvalue weighted by atomic mass is 32.2. The molecule has 0 amide bonds. The third kappa shape index (κ3) is 5.56. The van der Waals surface area contributed by atoms with E-state index in [-0.39, 0.29) is 46.9 Å². The number of aromatic hydroxyl groups is 1. The first-order valence-electron chi connectivity index (χ1n) is 11.8. The Balaban J connectivity index is 1.68. The number of fused-ring (bicyclic) bond motifs is 1. The molecule has 0 aliphatic carbocycles. The summed E-state index contributed by atoms with van der Waals surface area (Å²) in [6.07, 6.45) is 0.984. The van der Waals surface area contributed by atoms with Gasteiger partial charge in [-0.3, -0.25) is 14.1 Å². The van der Waals surface area contributed by atoms with Gasteiger partial charge in [0.2, 0.25) is 10.0 Å². The van der Waals surface area contributed by atoms with Crippen molar-refractivity contribution < 1.29 is 27.0 Å². The number of thiophene rings is 1. The SMILES string of the molecule is CCOP1(=O)N=C(c2c(O)c(-c3cccs3)nn(Cc3ccc(F)cc3)c2=O)Nc2ccc(NS(C)(=O)=O)cc21. The van der Waals surface area contributed by atoms with Gasteiger partial charge in [-0.1, -0.05) is 18.2 Å². The van der Waals surface area contributed by atoms with Gasteiger partial charge >= 0.3 is 7.52 Å². The Morgan fingerprint density at radius 1 is 1.20 bits per heavy atom. The molecular weight excluding hydrogens is 580 g/mol. The molecule has 1 unspecified atom stereocenters. The molecule has 1 aliphatic heterocycles. The standard InChI is InChI=1S/C25H23FN5O6PS2/c1-3-37-38(34)19-13-17(30-40(2,35)36)10-11-18(19)27-24(29-38)21-23(32)22(20-5-4-12-39-20)28-31(25(21)33)14-15-6-8-16(26)9-7-15/h4-13,30,32H,3,14H2,1-2H3,(H,27,29,34). The van der Waals surface area contributed by atoms with Gasteiger partial charge in [-0.15, -0.1) is 11.3 Å². The van der Waals surface area contributed by atoms with Gasteiger partial charge in [-0.25, -0.2) is 17.5 Å². The highest BCUT2D eigenvalue weighted by molar-refractivity contribution is 7.92. The van der Waals surface area contributed by atoms with E-state index in [1.54, 1.807) is 24.4 Å². The number of nitrogens with one attached hydrogen (secondary N) is 2. The van der Waals surface area contributed by atoms with Gasteiger partial charge < -0.3 is 14.9 Å². The van der Waals surface area contributed by atoms with Crippen molar-refractivity contribution in [1.82, 2.24) is 9.78 Å². The molecule has 1 atom stereocenters. The molecule has 0 spiro atoms. The lowest BCUT2D eigenvalue weighted by Crippen LogP contribution is -2.35. The third-order valence-corrected chi connectivity index (χ3v) is 9.29. The lowest BCUT2D eigenvalue weighted by atomic mass is 10.1. The number of hydrogen-bond donors (Lipinski definition) is 3. The van der Waals surface area contributed by atoms with Crippen LogP contribution in [0.1, 0.15) is 18.1 Å². The molecule has 0 radical (unpaired) electrons. The normalized spacial score (nSPS) is 16.6. The summed E-state index contributed by atoms with van der Waals surface area (Å²) in [5.41, 5.74) is 0.0504. The van der Waals surface area contributed by atoms with Crippen molar-refractivity contribution in [2.24, 2.45) is 4.76 Å². The molecule has 3 N–H and O–H groups in total. The summed E-state index contributed by atoms with van der Waals surface area (Å²) in [5.74, 6) is -1.12. The number of sulfonamides is 1. The van der Waals surface area contributed by atoms with Crippen LogP contribution >= 0.6 is 18.9 Å². The molecule has 3 heterocycles. The predicted octanol–water partition coefficient (Wildman–Crippen LogP) is 3.96. The highest BCUT2D eigenvalue weighted by Gasteiger charge is 2.36. The molecule has 208 valence electrons. The van der Waals surface area contributed by atoms with Crippen molar-refractivity contribution in [3.63, 3.8) is 0 Å². The average Bonchev–Trinajstić information content (AvgIpc) is 3.41. The zero-order valence-electron chi connectivity index (χ0n) is 21.2. The smallest absolute Gasteiger partial charge is 0.348 e. The zero-order chi connectivity index (χ0) is 28.7. The maximum absolute atomic E-state index is 14.0. The summed E-state index contributed by atoms with van der Waals surface area (Å²) in [7, 11) is -7.67.